The van der Waals surface area contributed by atoms with Crippen LogP contribution in [-0.4, -0.2) is 104 Å². The number of nitrogens with one attached hydrogen (secondary N) is 2. The molecule has 15 heteroatoms. The third-order valence-corrected chi connectivity index (χ3v) is 10.7. The number of ether oxygens (including phenoxy) is 1. The van der Waals surface area contributed by atoms with E-state index < -0.39 is 16.1 Å². The molecule has 5 rings (SSSR count). The van der Waals surface area contributed by atoms with Gasteiger partial charge >= 0.3 is 6.09 Å². The molecule has 43 heavy (non-hydrogen) atoms. The number of hydrogen-bond donors (Lipinski definition) is 2. The Balaban J connectivity index is 1.22. The maximum absolute atomic E-state index is 13.3. The minimum atomic E-state index is -3.74. The Bertz CT molecular complexity index is 1700. The van der Waals surface area contributed by atoms with Crippen LogP contribution in [-0.2, 0) is 14.8 Å². The zero-order chi connectivity index (χ0) is 30.7. The van der Waals surface area contributed by atoms with Gasteiger partial charge in [0, 0.05) is 75.6 Å². The minimum Gasteiger partial charge on any atom is -0.453 e. The summed E-state index contributed by atoms with van der Waals surface area (Å²) in [6.07, 6.45) is 2.73. The topological polar surface area (TPSA) is 146 Å². The molecular weight excluding hydrogens is 591 g/mol. The molecule has 0 bridgehead atoms. The molecule has 1 aliphatic rings. The fourth-order valence-corrected chi connectivity index (χ4v) is 7.95. The number of piperazine rings is 1. The number of rotatable bonds is 9. The van der Waals surface area contributed by atoms with Crippen molar-refractivity contribution in [1.29, 1.82) is 0 Å². The van der Waals surface area contributed by atoms with Gasteiger partial charge in [-0.3, -0.25) is 10.2 Å². The van der Waals surface area contributed by atoms with Crippen LogP contribution in [0.5, 0.6) is 0 Å². The van der Waals surface area contributed by atoms with E-state index in [1.807, 2.05) is 55.5 Å². The maximum Gasteiger partial charge on any atom is 0.413 e. The zero-order valence-electron chi connectivity index (χ0n) is 24.7. The number of amides is 1. The number of fused-ring (bicyclic) bond motifs is 1. The van der Waals surface area contributed by atoms with Crippen LogP contribution in [0.25, 0.3) is 22.0 Å². The first-order valence-electron chi connectivity index (χ1n) is 13.8. The summed E-state index contributed by atoms with van der Waals surface area (Å²) in [7, 11) is 1.41. The Kier molecular flexibility index (Phi) is 9.05. The molecule has 0 aliphatic carbocycles. The largest absolute Gasteiger partial charge is 0.453 e. The SMILES string of the molecule is COC(=O)Nc1nc(C)c(S(=O)(=O)N2CCN(C[C@H](C)Nc3ncnc4c(-c5ccc(N(C)C)nc5)cccc34)CC2)s1. The molecule has 1 atom stereocenters. The lowest BCUT2D eigenvalue weighted by atomic mass is 10.0. The molecule has 1 saturated heterocycles. The van der Waals surface area contributed by atoms with Gasteiger partial charge in [0.1, 0.15) is 18.0 Å². The Morgan fingerprint density at radius 3 is 2.56 bits per heavy atom. The van der Waals surface area contributed by atoms with Crippen LogP contribution in [0, 0.1) is 6.92 Å². The van der Waals surface area contributed by atoms with Gasteiger partial charge in [-0.05, 0) is 32.0 Å². The van der Waals surface area contributed by atoms with Crippen molar-refractivity contribution in [2.75, 3.05) is 69.5 Å². The molecule has 0 radical (unpaired) electrons. The molecular formula is C28H35N9O4S2. The number of thiazole rings is 1. The minimum absolute atomic E-state index is 0.0432. The second-order valence-electron chi connectivity index (χ2n) is 10.5. The molecule has 1 aliphatic heterocycles. The first kappa shape index (κ1) is 30.5. The molecule has 0 spiro atoms. The van der Waals surface area contributed by atoms with Gasteiger partial charge in [-0.25, -0.2) is 33.1 Å². The first-order chi connectivity index (χ1) is 20.6. The van der Waals surface area contributed by atoms with Crippen LogP contribution >= 0.6 is 11.3 Å². The molecule has 0 saturated carbocycles. The van der Waals surface area contributed by atoms with Crippen molar-refractivity contribution < 1.29 is 17.9 Å². The van der Waals surface area contributed by atoms with Gasteiger partial charge < -0.3 is 15.0 Å². The van der Waals surface area contributed by atoms with Crippen molar-refractivity contribution in [1.82, 2.24) is 29.1 Å². The molecule has 3 aromatic heterocycles. The molecule has 1 amide bonds. The summed E-state index contributed by atoms with van der Waals surface area (Å²) in [5.74, 6) is 1.63. The Labute approximate surface area is 255 Å². The lowest BCUT2D eigenvalue weighted by Crippen LogP contribution is -2.50. The molecule has 1 fully saturated rings. The number of aromatic nitrogens is 4. The number of carbonyl (C=O) groups excluding carboxylic acids is 1. The van der Waals surface area contributed by atoms with Crippen molar-refractivity contribution in [3.8, 4) is 11.1 Å². The van der Waals surface area contributed by atoms with Crippen molar-refractivity contribution in [2.24, 2.45) is 0 Å². The van der Waals surface area contributed by atoms with Crippen LogP contribution in [0.15, 0.2) is 47.1 Å². The summed E-state index contributed by atoms with van der Waals surface area (Å²) in [5.41, 5.74) is 3.15. The Morgan fingerprint density at radius 1 is 1.12 bits per heavy atom. The predicted molar refractivity (Wildman–Crippen MR) is 168 cm³/mol. The molecule has 228 valence electrons. The van der Waals surface area contributed by atoms with Gasteiger partial charge in [0.15, 0.2) is 9.34 Å². The molecule has 13 nitrogen and oxygen atoms in total. The van der Waals surface area contributed by atoms with Gasteiger partial charge in [0.25, 0.3) is 10.0 Å². The highest BCUT2D eigenvalue weighted by atomic mass is 32.2. The van der Waals surface area contributed by atoms with E-state index in [1.165, 1.54) is 11.4 Å². The third-order valence-electron chi connectivity index (χ3n) is 7.15. The molecule has 1 aromatic carbocycles. The third kappa shape index (κ3) is 6.69. The van der Waals surface area contributed by atoms with Crippen molar-refractivity contribution >= 4 is 55.1 Å². The van der Waals surface area contributed by atoms with Crippen molar-refractivity contribution in [3.63, 3.8) is 0 Å². The molecule has 4 aromatic rings. The number of para-hydroxylation sites is 1. The van der Waals surface area contributed by atoms with E-state index in [2.05, 4.69) is 47.1 Å². The van der Waals surface area contributed by atoms with Crippen LogP contribution in [0.1, 0.15) is 12.6 Å². The summed E-state index contributed by atoms with van der Waals surface area (Å²) in [6.45, 7) is 6.29. The summed E-state index contributed by atoms with van der Waals surface area (Å²) in [4.78, 5) is 33.6. The van der Waals surface area contributed by atoms with E-state index >= 15 is 0 Å². The van der Waals surface area contributed by atoms with Crippen LogP contribution in [0.2, 0.25) is 0 Å². The quantitative estimate of drug-likeness (QED) is 0.282. The van der Waals surface area contributed by atoms with Gasteiger partial charge in [-0.15, -0.1) is 0 Å². The van der Waals surface area contributed by atoms with Crippen LogP contribution in [0.4, 0.5) is 21.6 Å². The average Bonchev–Trinajstić information content (AvgIpc) is 3.37. The number of hydrogen-bond acceptors (Lipinski definition) is 12. The average molecular weight is 626 g/mol. The second-order valence-corrected chi connectivity index (χ2v) is 13.6. The highest BCUT2D eigenvalue weighted by Crippen LogP contribution is 2.32. The summed E-state index contributed by atoms with van der Waals surface area (Å²) in [6, 6.07) is 10.1. The van der Waals surface area contributed by atoms with E-state index in [-0.39, 0.29) is 15.4 Å². The van der Waals surface area contributed by atoms with Crippen LogP contribution in [0.3, 0.4) is 0 Å². The zero-order valence-corrected chi connectivity index (χ0v) is 26.4. The fourth-order valence-electron chi connectivity index (χ4n) is 5.00. The lowest BCUT2D eigenvalue weighted by Gasteiger charge is -2.35. The second kappa shape index (κ2) is 12.8. The lowest BCUT2D eigenvalue weighted by molar-refractivity contribution is 0.184. The number of anilines is 3. The standard InChI is InChI=1S/C28H35N9O4S2/c1-18(16-36-11-13-37(14-12-36)43(39,40)26-19(2)33-27(42-26)34-28(38)41-5)32-25-22-8-6-7-21(24(22)30-17-31-25)20-9-10-23(29-15-20)35(3)4/h6-10,15,17-18H,11-14,16H2,1-5H3,(H,30,31,32)(H,33,34,38)/t18-/m0/s1. The highest BCUT2D eigenvalue weighted by Gasteiger charge is 2.32. The van der Waals surface area contributed by atoms with E-state index in [0.717, 1.165) is 45.0 Å². The van der Waals surface area contributed by atoms with Crippen molar-refractivity contribution in [2.45, 2.75) is 24.1 Å². The maximum atomic E-state index is 13.3. The first-order valence-corrected chi connectivity index (χ1v) is 16.0. The van der Waals surface area contributed by atoms with Gasteiger partial charge in [0.2, 0.25) is 0 Å². The number of benzene rings is 1. The summed E-state index contributed by atoms with van der Waals surface area (Å²) < 4.78 is 32.9. The van der Waals surface area contributed by atoms with E-state index in [4.69, 9.17) is 0 Å². The highest BCUT2D eigenvalue weighted by molar-refractivity contribution is 7.91. The Morgan fingerprint density at radius 2 is 1.88 bits per heavy atom. The van der Waals surface area contributed by atoms with Gasteiger partial charge in [-0.2, -0.15) is 4.31 Å². The predicted octanol–water partition coefficient (Wildman–Crippen LogP) is 3.51. The monoisotopic (exact) mass is 625 g/mol. The number of sulfonamides is 1. The number of aryl methyl sites for hydroxylation is 1. The van der Waals surface area contributed by atoms with E-state index in [0.29, 0.717) is 38.4 Å². The number of methoxy groups -OCH3 is 1. The fraction of sp³-hybridized carbons (Fsp3) is 0.393. The van der Waals surface area contributed by atoms with E-state index in [1.54, 1.807) is 13.3 Å². The van der Waals surface area contributed by atoms with Crippen LogP contribution < -0.4 is 15.5 Å². The normalized spacial score (nSPS) is 15.3. The Hall–Kier alpha value is -3.92. The van der Waals surface area contributed by atoms with Gasteiger partial charge in [-0.1, -0.05) is 23.5 Å². The number of carbonyl (C=O) groups is 1. The van der Waals surface area contributed by atoms with E-state index in [9.17, 15) is 13.2 Å². The molecule has 4 heterocycles. The van der Waals surface area contributed by atoms with Gasteiger partial charge in [0.05, 0.1) is 18.3 Å². The summed E-state index contributed by atoms with van der Waals surface area (Å²) >= 11 is 0.925. The molecule has 0 unspecified atom stereocenters. The number of pyridine rings is 1. The van der Waals surface area contributed by atoms with Crippen molar-refractivity contribution in [3.05, 3.63) is 48.5 Å². The molecule has 2 N–H and O–H groups in total. The number of nitrogens with zero attached hydrogens (tertiary/aromatic N) is 7. The summed E-state index contributed by atoms with van der Waals surface area (Å²) in [5, 5.41) is 7.08. The smallest absolute Gasteiger partial charge is 0.413 e.